The predicted octanol–water partition coefficient (Wildman–Crippen LogP) is 7.37. The molecule has 0 aromatic heterocycles. The van der Waals surface area contributed by atoms with Gasteiger partial charge in [-0.25, -0.2) is 0 Å². The number of hydrogen-bond acceptors (Lipinski definition) is 2. The van der Waals surface area contributed by atoms with Gasteiger partial charge in [0.2, 0.25) is 0 Å². The van der Waals surface area contributed by atoms with Crippen LogP contribution < -0.4 is 0 Å². The predicted molar refractivity (Wildman–Crippen MR) is 105 cm³/mol. The fourth-order valence-electron chi connectivity index (χ4n) is 3.01. The molecule has 0 saturated carbocycles. The summed E-state index contributed by atoms with van der Waals surface area (Å²) in [6.45, 7) is 3.41. The molecular weight excluding hydrogens is 296 g/mol. The molecule has 0 unspecified atom stereocenters. The summed E-state index contributed by atoms with van der Waals surface area (Å²) in [4.78, 5) is 9.97. The molecule has 0 aliphatic rings. The molecule has 0 amide bonds. The second kappa shape index (κ2) is 22.2. The minimum atomic E-state index is 0.545. The summed E-state index contributed by atoms with van der Waals surface area (Å²) in [6, 6.07) is 0. The van der Waals surface area contributed by atoms with Crippen LogP contribution in [0.5, 0.6) is 0 Å². The maximum atomic E-state index is 9.97. The summed E-state index contributed by atoms with van der Waals surface area (Å²) in [5, 5.41) is 0. The molecule has 0 aromatic carbocycles. The molecule has 24 heavy (non-hydrogen) atoms. The molecule has 0 rings (SSSR count). The van der Waals surface area contributed by atoms with Gasteiger partial charge in [-0.3, -0.25) is 4.79 Å². The fraction of sp³-hybridized carbons (Fsp3) is 0.864. The van der Waals surface area contributed by atoms with Gasteiger partial charge in [0.05, 0.1) is 6.61 Å². The highest BCUT2D eigenvalue weighted by Gasteiger charge is 1.93. The van der Waals surface area contributed by atoms with Crippen LogP contribution >= 0.6 is 0 Å². The van der Waals surface area contributed by atoms with Crippen LogP contribution in [-0.4, -0.2) is 13.1 Å². The van der Waals surface area contributed by atoms with Gasteiger partial charge in [-0.1, -0.05) is 96.1 Å². The number of allylic oxidation sites excluding steroid dienone is 2. The van der Waals surface area contributed by atoms with Gasteiger partial charge in [-0.05, 0) is 32.1 Å². The second-order valence-corrected chi connectivity index (χ2v) is 6.97. The third kappa shape index (κ3) is 21.2. The summed E-state index contributed by atoms with van der Waals surface area (Å²) in [5.74, 6) is 0. The van der Waals surface area contributed by atoms with E-state index in [0.29, 0.717) is 13.1 Å². The Morgan fingerprint density at radius 2 is 1.00 bits per heavy atom. The van der Waals surface area contributed by atoms with Crippen molar-refractivity contribution in [2.45, 2.75) is 116 Å². The van der Waals surface area contributed by atoms with Crippen molar-refractivity contribution in [3.8, 4) is 0 Å². The molecule has 2 nitrogen and oxygen atoms in total. The summed E-state index contributed by atoms with van der Waals surface area (Å²) < 4.78 is 4.68. The van der Waals surface area contributed by atoms with Crippen molar-refractivity contribution in [3.05, 3.63) is 12.2 Å². The Morgan fingerprint density at radius 3 is 1.46 bits per heavy atom. The molecule has 0 spiro atoms. The van der Waals surface area contributed by atoms with Crippen molar-refractivity contribution >= 4 is 6.47 Å². The van der Waals surface area contributed by atoms with Gasteiger partial charge in [0, 0.05) is 0 Å². The zero-order valence-electron chi connectivity index (χ0n) is 16.3. The highest BCUT2D eigenvalue weighted by atomic mass is 16.5. The normalized spacial score (nSPS) is 11.2. The summed E-state index contributed by atoms with van der Waals surface area (Å²) in [7, 11) is 0. The SMILES string of the molecule is CCCCCCCCC=CCCCCCCCCCCCOC=O. The van der Waals surface area contributed by atoms with Crippen molar-refractivity contribution in [1.29, 1.82) is 0 Å². The van der Waals surface area contributed by atoms with Crippen LogP contribution in [0.3, 0.4) is 0 Å². The molecule has 0 saturated heterocycles. The molecule has 0 radical (unpaired) electrons. The van der Waals surface area contributed by atoms with Crippen LogP contribution in [0.15, 0.2) is 12.2 Å². The number of rotatable bonds is 20. The van der Waals surface area contributed by atoms with E-state index in [2.05, 4.69) is 23.8 Å². The molecule has 0 bridgehead atoms. The first-order valence-electron chi connectivity index (χ1n) is 10.6. The lowest BCUT2D eigenvalue weighted by Gasteiger charge is -2.02. The van der Waals surface area contributed by atoms with Crippen LogP contribution in [0.25, 0.3) is 0 Å². The molecule has 142 valence electrons. The van der Waals surface area contributed by atoms with Crippen LogP contribution in [0.4, 0.5) is 0 Å². The van der Waals surface area contributed by atoms with Crippen molar-refractivity contribution in [2.75, 3.05) is 6.61 Å². The molecule has 0 aliphatic heterocycles. The van der Waals surface area contributed by atoms with Crippen molar-refractivity contribution in [3.63, 3.8) is 0 Å². The van der Waals surface area contributed by atoms with Gasteiger partial charge in [0.15, 0.2) is 0 Å². The topological polar surface area (TPSA) is 26.3 Å². The molecule has 0 atom stereocenters. The molecule has 0 N–H and O–H groups in total. The van der Waals surface area contributed by atoms with E-state index < -0.39 is 0 Å². The van der Waals surface area contributed by atoms with E-state index >= 15 is 0 Å². The van der Waals surface area contributed by atoms with Crippen molar-refractivity contribution in [2.24, 2.45) is 0 Å². The number of hydrogen-bond donors (Lipinski definition) is 0. The Hall–Kier alpha value is -0.790. The Balaban J connectivity index is 3.04. The average Bonchev–Trinajstić information content (AvgIpc) is 2.60. The van der Waals surface area contributed by atoms with Gasteiger partial charge < -0.3 is 4.74 Å². The first-order valence-corrected chi connectivity index (χ1v) is 10.6. The smallest absolute Gasteiger partial charge is 0.293 e. The first-order chi connectivity index (χ1) is 11.9. The molecule has 0 aliphatic carbocycles. The zero-order valence-corrected chi connectivity index (χ0v) is 16.3. The standard InChI is InChI=1S/C22H42O2/c1-2-3-4-5-6-7-8-9-10-11-12-13-14-15-16-17-18-19-20-21-24-22-23/h9-10,22H,2-8,11-21H2,1H3. The van der Waals surface area contributed by atoms with Gasteiger partial charge in [0.25, 0.3) is 6.47 Å². The van der Waals surface area contributed by atoms with Crippen LogP contribution in [-0.2, 0) is 9.53 Å². The number of ether oxygens (including phenoxy) is 1. The van der Waals surface area contributed by atoms with Crippen LogP contribution in [0, 0.1) is 0 Å². The molecule has 0 heterocycles. The molecular formula is C22H42O2. The third-order valence-electron chi connectivity index (χ3n) is 4.59. The molecule has 0 aromatic rings. The highest BCUT2D eigenvalue weighted by Crippen LogP contribution is 2.11. The first kappa shape index (κ1) is 23.2. The average molecular weight is 339 g/mol. The lowest BCUT2D eigenvalue weighted by Crippen LogP contribution is -1.91. The minimum absolute atomic E-state index is 0.545. The molecule has 2 heteroatoms. The summed E-state index contributed by atoms with van der Waals surface area (Å²) in [5.41, 5.74) is 0. The Labute approximate surface area is 151 Å². The summed E-state index contributed by atoms with van der Waals surface area (Å²) >= 11 is 0. The van der Waals surface area contributed by atoms with Crippen molar-refractivity contribution < 1.29 is 9.53 Å². The minimum Gasteiger partial charge on any atom is -0.468 e. The Morgan fingerprint density at radius 1 is 0.583 bits per heavy atom. The maximum absolute atomic E-state index is 9.97. The van der Waals surface area contributed by atoms with Crippen molar-refractivity contribution in [1.82, 2.24) is 0 Å². The van der Waals surface area contributed by atoms with E-state index in [1.54, 1.807) is 0 Å². The monoisotopic (exact) mass is 338 g/mol. The van der Waals surface area contributed by atoms with E-state index in [-0.39, 0.29) is 0 Å². The van der Waals surface area contributed by atoms with E-state index in [1.807, 2.05) is 0 Å². The number of unbranched alkanes of at least 4 members (excludes halogenated alkanes) is 15. The van der Waals surface area contributed by atoms with Crippen LogP contribution in [0.2, 0.25) is 0 Å². The highest BCUT2D eigenvalue weighted by molar-refractivity contribution is 5.36. The van der Waals surface area contributed by atoms with Gasteiger partial charge in [0.1, 0.15) is 0 Å². The lowest BCUT2D eigenvalue weighted by atomic mass is 10.1. The van der Waals surface area contributed by atoms with E-state index in [9.17, 15) is 4.79 Å². The molecule has 0 fully saturated rings. The van der Waals surface area contributed by atoms with E-state index in [0.717, 1.165) is 6.42 Å². The summed E-state index contributed by atoms with van der Waals surface area (Å²) in [6.07, 6.45) is 27.4. The largest absolute Gasteiger partial charge is 0.468 e. The van der Waals surface area contributed by atoms with Gasteiger partial charge >= 0.3 is 0 Å². The second-order valence-electron chi connectivity index (χ2n) is 6.97. The fourth-order valence-corrected chi connectivity index (χ4v) is 3.01. The van der Waals surface area contributed by atoms with Crippen LogP contribution in [0.1, 0.15) is 116 Å². The quantitative estimate of drug-likeness (QED) is 0.132. The van der Waals surface area contributed by atoms with E-state index in [4.69, 9.17) is 0 Å². The van der Waals surface area contributed by atoms with Gasteiger partial charge in [-0.2, -0.15) is 0 Å². The lowest BCUT2D eigenvalue weighted by molar-refractivity contribution is -0.128. The zero-order chi connectivity index (χ0) is 17.6. The Kier molecular flexibility index (Phi) is 21.5. The Bertz CT molecular complexity index is 261. The maximum Gasteiger partial charge on any atom is 0.293 e. The number of carbonyl (C=O) groups excluding carboxylic acids is 1. The van der Waals surface area contributed by atoms with E-state index in [1.165, 1.54) is 103 Å². The van der Waals surface area contributed by atoms with Gasteiger partial charge in [-0.15, -0.1) is 0 Å². The number of carbonyl (C=O) groups is 1. The third-order valence-corrected chi connectivity index (χ3v) is 4.59.